The molecule has 2 aromatic carbocycles. The molecule has 0 fully saturated rings. The molecule has 0 saturated heterocycles. The van der Waals surface area contributed by atoms with E-state index in [0.717, 1.165) is 36.4 Å². The zero-order valence-corrected chi connectivity index (χ0v) is 14.7. The number of non-ortho nitro benzene ring substituents is 1. The zero-order chi connectivity index (χ0) is 20.4. The van der Waals surface area contributed by atoms with E-state index in [1.54, 1.807) is 6.07 Å². The lowest BCUT2D eigenvalue weighted by Gasteiger charge is -2.12. The number of hydrogen-bond donors (Lipinski definition) is 0. The first-order chi connectivity index (χ1) is 12.4. The lowest BCUT2D eigenvalue weighted by Crippen LogP contribution is -2.03. The van der Waals surface area contributed by atoms with Crippen LogP contribution in [-0.2, 0) is 20.2 Å². The summed E-state index contributed by atoms with van der Waals surface area (Å²) in [5, 5.41) is 19.6. The summed E-state index contributed by atoms with van der Waals surface area (Å²) in [5.74, 6) is 0. The Kier molecular flexibility index (Phi) is 5.43. The van der Waals surface area contributed by atoms with E-state index in [0.29, 0.717) is 6.07 Å². The van der Waals surface area contributed by atoms with Gasteiger partial charge in [-0.1, -0.05) is 18.2 Å². The summed E-state index contributed by atoms with van der Waals surface area (Å²) in [6.07, 6.45) is 2.06. The fraction of sp³-hybridized carbons (Fsp3) is 0. The molecular weight excluding hydrogens is 400 g/mol. The Labute approximate surface area is 153 Å². The van der Waals surface area contributed by atoms with Gasteiger partial charge in [0.05, 0.1) is 26.3 Å². The molecule has 12 heteroatoms. The van der Waals surface area contributed by atoms with Gasteiger partial charge in [0.1, 0.15) is 20.2 Å². The monoisotopic (exact) mass is 408 g/mol. The van der Waals surface area contributed by atoms with Crippen molar-refractivity contribution >= 4 is 38.1 Å². The summed E-state index contributed by atoms with van der Waals surface area (Å²) in [6.45, 7) is 0. The fourth-order valence-electron chi connectivity index (χ4n) is 2.13. The molecule has 0 aliphatic rings. The number of rotatable bonds is 5. The maximum absolute atomic E-state index is 11.4. The van der Waals surface area contributed by atoms with Crippen molar-refractivity contribution < 1.29 is 30.9 Å². The van der Waals surface area contributed by atoms with Gasteiger partial charge in [0.25, 0.3) is 5.69 Å². The number of nitro benzene ring substituents is 1. The van der Waals surface area contributed by atoms with Crippen molar-refractivity contribution in [2.45, 2.75) is 9.79 Å². The van der Waals surface area contributed by atoms with Crippen LogP contribution in [0.4, 0.5) is 5.69 Å². The lowest BCUT2D eigenvalue weighted by molar-refractivity contribution is -0.385. The van der Waals surface area contributed by atoms with Gasteiger partial charge in [-0.15, -0.1) is 0 Å². The van der Waals surface area contributed by atoms with Gasteiger partial charge >= 0.3 is 0 Å². The standard InChI is InChI=1S/C15H10N2O8S2/c16-9-10-1-2-11(14(7-10)26(20,21)22)3-4-12-5-6-13(17(18)19)8-15(12)27(23,24)25/h1-8H,(H,20,21,22)(H,23,24,25)/p-2/b4-3+. The molecule has 27 heavy (non-hydrogen) atoms. The minimum Gasteiger partial charge on any atom is -0.744 e. The predicted octanol–water partition coefficient (Wildman–Crippen LogP) is 1.45. The van der Waals surface area contributed by atoms with Gasteiger partial charge in [0, 0.05) is 12.1 Å². The van der Waals surface area contributed by atoms with Crippen molar-refractivity contribution in [2.24, 2.45) is 0 Å². The molecule has 2 aromatic rings. The van der Waals surface area contributed by atoms with Crippen LogP contribution in [0.2, 0.25) is 0 Å². The first-order valence-electron chi connectivity index (χ1n) is 6.86. The number of nitro groups is 1. The molecule has 0 spiro atoms. The van der Waals surface area contributed by atoms with Crippen LogP contribution < -0.4 is 0 Å². The SMILES string of the molecule is N#Cc1ccc(/C=C/c2ccc([N+](=O)[O-])cc2S(=O)(=O)[O-])c(S(=O)(=O)[O-])c1. The van der Waals surface area contributed by atoms with E-state index >= 15 is 0 Å². The second kappa shape index (κ2) is 7.25. The molecule has 0 heterocycles. The molecule has 0 aromatic heterocycles. The van der Waals surface area contributed by atoms with Crippen LogP contribution in [0.5, 0.6) is 0 Å². The third-order valence-corrected chi connectivity index (χ3v) is 5.12. The van der Waals surface area contributed by atoms with Crippen molar-refractivity contribution in [1.82, 2.24) is 0 Å². The van der Waals surface area contributed by atoms with E-state index in [1.807, 2.05) is 0 Å². The quantitative estimate of drug-likeness (QED) is 0.306. The molecule has 0 unspecified atom stereocenters. The van der Waals surface area contributed by atoms with Crippen molar-refractivity contribution in [1.29, 1.82) is 5.26 Å². The highest BCUT2D eigenvalue weighted by atomic mass is 32.2. The van der Waals surface area contributed by atoms with E-state index in [2.05, 4.69) is 0 Å². The predicted molar refractivity (Wildman–Crippen MR) is 89.1 cm³/mol. The van der Waals surface area contributed by atoms with Gasteiger partial charge in [-0.3, -0.25) is 10.1 Å². The summed E-state index contributed by atoms with van der Waals surface area (Å²) in [6, 6.07) is 7.43. The van der Waals surface area contributed by atoms with Crippen LogP contribution in [0.1, 0.15) is 16.7 Å². The zero-order valence-electron chi connectivity index (χ0n) is 13.1. The number of benzene rings is 2. The first kappa shape index (κ1) is 20.2. The van der Waals surface area contributed by atoms with Gasteiger partial charge in [-0.2, -0.15) is 5.26 Å². The first-order valence-corrected chi connectivity index (χ1v) is 9.67. The number of nitriles is 1. The Hall–Kier alpha value is -3.11. The minimum atomic E-state index is -5.07. The maximum atomic E-state index is 11.4. The molecule has 2 rings (SSSR count). The van der Waals surface area contributed by atoms with Gasteiger partial charge in [-0.25, -0.2) is 16.8 Å². The van der Waals surface area contributed by atoms with Crippen molar-refractivity contribution in [3.8, 4) is 6.07 Å². The van der Waals surface area contributed by atoms with Crippen LogP contribution in [0, 0.1) is 21.4 Å². The fourth-order valence-corrected chi connectivity index (χ4v) is 3.51. The van der Waals surface area contributed by atoms with Crippen LogP contribution in [0.3, 0.4) is 0 Å². The molecule has 0 N–H and O–H groups in total. The molecular formula is C15H8N2O8S2-2. The average molecular weight is 408 g/mol. The summed E-state index contributed by atoms with van der Waals surface area (Å²) in [7, 11) is -10.0. The summed E-state index contributed by atoms with van der Waals surface area (Å²) in [5.41, 5.74) is -1.10. The molecule has 0 saturated carbocycles. The lowest BCUT2D eigenvalue weighted by atomic mass is 10.1. The van der Waals surface area contributed by atoms with Crippen molar-refractivity contribution in [3.63, 3.8) is 0 Å². The van der Waals surface area contributed by atoms with Crippen molar-refractivity contribution in [2.75, 3.05) is 0 Å². The Morgan fingerprint density at radius 2 is 1.37 bits per heavy atom. The van der Waals surface area contributed by atoms with E-state index in [9.17, 15) is 36.1 Å². The summed E-state index contributed by atoms with van der Waals surface area (Å²) in [4.78, 5) is 8.27. The van der Waals surface area contributed by atoms with Crippen LogP contribution >= 0.6 is 0 Å². The Bertz CT molecular complexity index is 1210. The van der Waals surface area contributed by atoms with E-state index in [-0.39, 0.29) is 16.7 Å². The molecule has 0 aliphatic carbocycles. The highest BCUT2D eigenvalue weighted by Crippen LogP contribution is 2.25. The largest absolute Gasteiger partial charge is 0.744 e. The number of nitrogens with zero attached hydrogens (tertiary/aromatic N) is 2. The summed E-state index contributed by atoms with van der Waals surface area (Å²) < 4.78 is 68.1. The topological polar surface area (TPSA) is 181 Å². The van der Waals surface area contributed by atoms with Gasteiger partial charge in [-0.05, 0) is 29.3 Å². The van der Waals surface area contributed by atoms with E-state index in [1.165, 1.54) is 6.07 Å². The van der Waals surface area contributed by atoms with Gasteiger partial charge in [0.2, 0.25) is 0 Å². The average Bonchev–Trinajstić information content (AvgIpc) is 2.58. The third kappa shape index (κ3) is 4.74. The highest BCUT2D eigenvalue weighted by molar-refractivity contribution is 7.86. The normalized spacial score (nSPS) is 12.0. The molecule has 0 aliphatic heterocycles. The Morgan fingerprint density at radius 3 is 1.81 bits per heavy atom. The third-order valence-electron chi connectivity index (χ3n) is 3.33. The van der Waals surface area contributed by atoms with Gasteiger partial charge < -0.3 is 9.11 Å². The maximum Gasteiger partial charge on any atom is 0.270 e. The van der Waals surface area contributed by atoms with Crippen molar-refractivity contribution in [3.05, 3.63) is 63.2 Å². The Balaban J connectivity index is 2.63. The van der Waals surface area contributed by atoms with Gasteiger partial charge in [0.15, 0.2) is 0 Å². The van der Waals surface area contributed by atoms with Crippen LogP contribution in [0.25, 0.3) is 12.2 Å². The number of hydrogen-bond acceptors (Lipinski definition) is 9. The Morgan fingerprint density at radius 1 is 0.889 bits per heavy atom. The molecule has 140 valence electrons. The summed E-state index contributed by atoms with van der Waals surface area (Å²) >= 11 is 0. The molecule has 0 amide bonds. The molecule has 0 atom stereocenters. The highest BCUT2D eigenvalue weighted by Gasteiger charge is 2.14. The minimum absolute atomic E-state index is 0.0836. The molecule has 10 nitrogen and oxygen atoms in total. The molecule has 0 bridgehead atoms. The van der Waals surface area contributed by atoms with E-state index < -0.39 is 40.6 Å². The molecule has 0 radical (unpaired) electrons. The van der Waals surface area contributed by atoms with Crippen LogP contribution in [0.15, 0.2) is 46.2 Å². The second-order valence-corrected chi connectivity index (χ2v) is 7.78. The van der Waals surface area contributed by atoms with E-state index in [4.69, 9.17) is 5.26 Å². The van der Waals surface area contributed by atoms with Crippen LogP contribution in [-0.4, -0.2) is 30.9 Å². The smallest absolute Gasteiger partial charge is 0.270 e. The second-order valence-electron chi connectivity index (χ2n) is 5.09.